The number of benzene rings is 1. The van der Waals surface area contributed by atoms with Crippen LogP contribution in [0.25, 0.3) is 0 Å². The smallest absolute Gasteiger partial charge is 0.273 e. The molecule has 0 aliphatic rings. The van der Waals surface area contributed by atoms with E-state index in [0.29, 0.717) is 11.3 Å². The number of rotatable bonds is 7. The first-order valence-corrected chi connectivity index (χ1v) is 7.40. The molecule has 0 saturated carbocycles. The molecule has 0 heterocycles. The SMILES string of the molecule is CCCC[C@@H]([C@H](O)C(=O)NO)S(=O)c1ccccc1. The fraction of sp³-hybridized carbons (Fsp3) is 0.462. The highest BCUT2D eigenvalue weighted by Gasteiger charge is 2.31. The van der Waals surface area contributed by atoms with Crippen LogP contribution < -0.4 is 5.48 Å². The van der Waals surface area contributed by atoms with Gasteiger partial charge >= 0.3 is 0 Å². The van der Waals surface area contributed by atoms with E-state index >= 15 is 0 Å². The number of hydrogen-bond acceptors (Lipinski definition) is 4. The van der Waals surface area contributed by atoms with Crippen LogP contribution in [0.5, 0.6) is 0 Å². The Morgan fingerprint density at radius 2 is 2.00 bits per heavy atom. The van der Waals surface area contributed by atoms with Crippen molar-refractivity contribution in [2.45, 2.75) is 42.4 Å². The van der Waals surface area contributed by atoms with E-state index in [1.54, 1.807) is 30.3 Å². The van der Waals surface area contributed by atoms with E-state index in [0.717, 1.165) is 12.8 Å². The largest absolute Gasteiger partial charge is 0.382 e. The van der Waals surface area contributed by atoms with Gasteiger partial charge in [0.15, 0.2) is 0 Å². The number of unbranched alkanes of at least 4 members (excludes halogenated alkanes) is 1. The monoisotopic (exact) mass is 285 g/mol. The summed E-state index contributed by atoms with van der Waals surface area (Å²) in [4.78, 5) is 11.9. The van der Waals surface area contributed by atoms with Crippen LogP contribution in [0.1, 0.15) is 26.2 Å². The molecular formula is C13H19NO4S. The molecule has 0 aromatic heterocycles. The molecule has 0 radical (unpaired) electrons. The average Bonchev–Trinajstić information content (AvgIpc) is 2.47. The minimum atomic E-state index is -1.50. The summed E-state index contributed by atoms with van der Waals surface area (Å²) in [5.74, 6) is -0.926. The maximum absolute atomic E-state index is 12.4. The summed E-state index contributed by atoms with van der Waals surface area (Å²) in [5.41, 5.74) is 1.40. The van der Waals surface area contributed by atoms with Gasteiger partial charge in [-0.05, 0) is 18.6 Å². The van der Waals surface area contributed by atoms with Crippen molar-refractivity contribution < 1.29 is 19.3 Å². The van der Waals surface area contributed by atoms with Crippen molar-refractivity contribution in [3.05, 3.63) is 30.3 Å². The molecule has 19 heavy (non-hydrogen) atoms. The summed E-state index contributed by atoms with van der Waals surface area (Å²) in [6.07, 6.45) is 0.583. The predicted molar refractivity (Wildman–Crippen MR) is 72.1 cm³/mol. The lowest BCUT2D eigenvalue weighted by Gasteiger charge is -2.20. The number of nitrogens with one attached hydrogen (secondary N) is 1. The number of carbonyl (C=O) groups excluding carboxylic acids is 1. The first kappa shape index (κ1) is 15.8. The van der Waals surface area contributed by atoms with Crippen LogP contribution in [0.4, 0.5) is 0 Å². The molecule has 0 aliphatic carbocycles. The number of aliphatic hydroxyl groups is 1. The normalized spacial score (nSPS) is 15.5. The van der Waals surface area contributed by atoms with E-state index in [1.807, 2.05) is 6.92 Å². The Hall–Kier alpha value is -1.24. The third kappa shape index (κ3) is 4.41. The van der Waals surface area contributed by atoms with Crippen molar-refractivity contribution in [2.75, 3.05) is 0 Å². The number of hydrogen-bond donors (Lipinski definition) is 3. The Bertz CT molecular complexity index is 424. The molecule has 1 aromatic carbocycles. The second kappa shape index (κ2) is 8.04. The van der Waals surface area contributed by atoms with Gasteiger partial charge in [-0.1, -0.05) is 38.0 Å². The molecule has 0 bridgehead atoms. The summed E-state index contributed by atoms with van der Waals surface area (Å²) < 4.78 is 12.4. The maximum Gasteiger partial charge on any atom is 0.273 e. The lowest BCUT2D eigenvalue weighted by atomic mass is 10.1. The molecule has 3 N–H and O–H groups in total. The molecule has 1 aromatic rings. The molecule has 0 saturated heterocycles. The third-order valence-corrected chi connectivity index (χ3v) is 4.60. The van der Waals surface area contributed by atoms with E-state index in [9.17, 15) is 14.1 Å². The Balaban J connectivity index is 2.90. The summed E-state index contributed by atoms with van der Waals surface area (Å²) in [6.45, 7) is 1.97. The number of amides is 1. The van der Waals surface area contributed by atoms with Crippen LogP contribution in [0.2, 0.25) is 0 Å². The molecule has 1 rings (SSSR count). The highest BCUT2D eigenvalue weighted by atomic mass is 32.2. The fourth-order valence-corrected chi connectivity index (χ4v) is 3.27. The van der Waals surface area contributed by atoms with E-state index in [1.165, 1.54) is 5.48 Å². The van der Waals surface area contributed by atoms with E-state index in [-0.39, 0.29) is 0 Å². The first-order chi connectivity index (χ1) is 9.11. The Morgan fingerprint density at radius 3 is 2.53 bits per heavy atom. The summed E-state index contributed by atoms with van der Waals surface area (Å²) in [7, 11) is -1.50. The second-order valence-corrected chi connectivity index (χ2v) is 5.88. The van der Waals surface area contributed by atoms with Crippen LogP contribution in [0, 0.1) is 0 Å². The summed E-state index contributed by atoms with van der Waals surface area (Å²) in [6, 6.07) is 8.70. The van der Waals surface area contributed by atoms with Gasteiger partial charge in [0.2, 0.25) is 0 Å². The lowest BCUT2D eigenvalue weighted by Crippen LogP contribution is -2.43. The van der Waals surface area contributed by atoms with Gasteiger partial charge in [-0.15, -0.1) is 0 Å². The molecule has 0 spiro atoms. The molecule has 0 aliphatic heterocycles. The Labute approximate surface area is 115 Å². The van der Waals surface area contributed by atoms with Crippen LogP contribution in [-0.4, -0.2) is 31.8 Å². The maximum atomic E-state index is 12.4. The lowest BCUT2D eigenvalue weighted by molar-refractivity contribution is -0.137. The molecule has 6 heteroatoms. The zero-order chi connectivity index (χ0) is 14.3. The fourth-order valence-electron chi connectivity index (χ4n) is 1.75. The van der Waals surface area contributed by atoms with Crippen molar-refractivity contribution in [1.29, 1.82) is 0 Å². The van der Waals surface area contributed by atoms with Crippen LogP contribution in [0.3, 0.4) is 0 Å². The number of aliphatic hydroxyl groups excluding tert-OH is 1. The zero-order valence-electron chi connectivity index (χ0n) is 10.8. The minimum Gasteiger partial charge on any atom is -0.382 e. The van der Waals surface area contributed by atoms with Gasteiger partial charge in [0.1, 0.15) is 6.10 Å². The van der Waals surface area contributed by atoms with Gasteiger partial charge in [-0.2, -0.15) is 0 Å². The van der Waals surface area contributed by atoms with Gasteiger partial charge in [0.05, 0.1) is 16.0 Å². The molecular weight excluding hydrogens is 266 g/mol. The molecule has 0 fully saturated rings. The standard InChI is InChI=1S/C13H19NO4S/c1-2-3-9-11(12(15)13(16)14-17)19(18)10-7-5-4-6-8-10/h4-8,11-12,15,17H,2-3,9H2,1H3,(H,14,16)/t11-,12-,19?/m0/s1. The topological polar surface area (TPSA) is 86.6 Å². The van der Waals surface area contributed by atoms with E-state index in [2.05, 4.69) is 0 Å². The molecule has 3 atom stereocenters. The molecule has 106 valence electrons. The van der Waals surface area contributed by atoms with Gasteiger partial charge in [0, 0.05) is 4.90 Å². The van der Waals surface area contributed by atoms with Gasteiger partial charge in [-0.25, -0.2) is 5.48 Å². The van der Waals surface area contributed by atoms with Crippen molar-refractivity contribution >= 4 is 16.7 Å². The molecule has 1 amide bonds. The molecule has 1 unspecified atom stereocenters. The highest BCUT2D eigenvalue weighted by Crippen LogP contribution is 2.19. The van der Waals surface area contributed by atoms with Crippen LogP contribution in [0.15, 0.2) is 35.2 Å². The molecule has 5 nitrogen and oxygen atoms in total. The van der Waals surface area contributed by atoms with Crippen molar-refractivity contribution in [2.24, 2.45) is 0 Å². The van der Waals surface area contributed by atoms with Gasteiger partial charge in [0.25, 0.3) is 5.91 Å². The van der Waals surface area contributed by atoms with Crippen LogP contribution in [-0.2, 0) is 15.6 Å². The van der Waals surface area contributed by atoms with Gasteiger partial charge in [-0.3, -0.25) is 14.2 Å². The summed E-state index contributed by atoms with van der Waals surface area (Å²) >= 11 is 0. The van der Waals surface area contributed by atoms with E-state index < -0.39 is 28.1 Å². The number of hydroxylamine groups is 1. The quantitative estimate of drug-likeness (QED) is 0.519. The van der Waals surface area contributed by atoms with Crippen molar-refractivity contribution in [3.8, 4) is 0 Å². The minimum absolute atomic E-state index is 0.451. The Morgan fingerprint density at radius 1 is 1.37 bits per heavy atom. The van der Waals surface area contributed by atoms with Gasteiger partial charge < -0.3 is 5.11 Å². The number of carbonyl (C=O) groups is 1. The van der Waals surface area contributed by atoms with Crippen LogP contribution >= 0.6 is 0 Å². The first-order valence-electron chi connectivity index (χ1n) is 6.19. The summed E-state index contributed by atoms with van der Waals surface area (Å²) in [5, 5.41) is 17.7. The second-order valence-electron chi connectivity index (χ2n) is 4.21. The van der Waals surface area contributed by atoms with E-state index in [4.69, 9.17) is 5.21 Å². The average molecular weight is 285 g/mol. The third-order valence-electron chi connectivity index (χ3n) is 2.82. The zero-order valence-corrected chi connectivity index (χ0v) is 11.6. The van der Waals surface area contributed by atoms with Crippen molar-refractivity contribution in [3.63, 3.8) is 0 Å². The predicted octanol–water partition coefficient (Wildman–Crippen LogP) is 1.22. The Kier molecular flexibility index (Phi) is 6.69. The highest BCUT2D eigenvalue weighted by molar-refractivity contribution is 7.85. The van der Waals surface area contributed by atoms with Crippen molar-refractivity contribution in [1.82, 2.24) is 5.48 Å².